The average Bonchev–Trinajstić information content (AvgIpc) is 2.75. The molecule has 0 aliphatic heterocycles. The lowest BCUT2D eigenvalue weighted by Crippen LogP contribution is -2.28. The number of rotatable bonds is 3. The smallest absolute Gasteiger partial charge is 0.257 e. The summed E-state index contributed by atoms with van der Waals surface area (Å²) in [5.74, 6) is -2.54. The molecule has 0 spiro atoms. The summed E-state index contributed by atoms with van der Waals surface area (Å²) in [5.41, 5.74) is 0.186. The van der Waals surface area contributed by atoms with Crippen LogP contribution in [0.25, 0.3) is 0 Å². The minimum atomic E-state index is -0.879. The largest absolute Gasteiger partial charge is 0.345 e. The number of hydrogen-bond donors (Lipinski definition) is 1. The van der Waals surface area contributed by atoms with Crippen LogP contribution in [0.2, 0.25) is 0 Å². The van der Waals surface area contributed by atoms with Gasteiger partial charge in [0.2, 0.25) is 0 Å². The number of nitrogens with one attached hydrogen (secondary N) is 1. The first-order valence-electron chi connectivity index (χ1n) is 5.72. The maximum absolute atomic E-state index is 13.4. The van der Waals surface area contributed by atoms with E-state index >= 15 is 0 Å². The fraction of sp³-hybridized carbons (Fsp3) is 0.231. The highest BCUT2D eigenvalue weighted by atomic mass is 19.1. The first-order chi connectivity index (χ1) is 8.99. The molecule has 100 valence electrons. The number of benzene rings is 1. The molecule has 1 unspecified atom stereocenters. The number of aromatic nitrogens is 2. The van der Waals surface area contributed by atoms with Crippen molar-refractivity contribution >= 4 is 5.91 Å². The van der Waals surface area contributed by atoms with Gasteiger partial charge in [-0.05, 0) is 19.1 Å². The van der Waals surface area contributed by atoms with Gasteiger partial charge >= 0.3 is 0 Å². The summed E-state index contributed by atoms with van der Waals surface area (Å²) in [5, 5.41) is 6.51. The number of halogens is 2. The fourth-order valence-electron chi connectivity index (χ4n) is 1.73. The Hall–Kier alpha value is -2.24. The van der Waals surface area contributed by atoms with E-state index in [0.717, 1.165) is 17.7 Å². The Kier molecular flexibility index (Phi) is 3.59. The average molecular weight is 265 g/mol. The highest BCUT2D eigenvalue weighted by Gasteiger charge is 2.19. The molecule has 0 saturated carbocycles. The molecule has 0 aliphatic rings. The van der Waals surface area contributed by atoms with Crippen LogP contribution in [-0.4, -0.2) is 15.7 Å². The number of amides is 1. The van der Waals surface area contributed by atoms with Gasteiger partial charge < -0.3 is 5.32 Å². The predicted molar refractivity (Wildman–Crippen MR) is 65.4 cm³/mol. The van der Waals surface area contributed by atoms with Gasteiger partial charge in [-0.15, -0.1) is 0 Å². The molecule has 1 atom stereocenters. The monoisotopic (exact) mass is 265 g/mol. The molecule has 1 aromatic heterocycles. The summed E-state index contributed by atoms with van der Waals surface area (Å²) in [4.78, 5) is 11.9. The zero-order valence-corrected chi connectivity index (χ0v) is 10.5. The minimum absolute atomic E-state index is 0.389. The van der Waals surface area contributed by atoms with Gasteiger partial charge in [0.15, 0.2) is 0 Å². The van der Waals surface area contributed by atoms with Crippen LogP contribution >= 0.6 is 0 Å². The van der Waals surface area contributed by atoms with Crippen LogP contribution in [0.4, 0.5) is 8.78 Å². The van der Waals surface area contributed by atoms with Crippen molar-refractivity contribution in [2.45, 2.75) is 13.0 Å². The van der Waals surface area contributed by atoms with Gasteiger partial charge in [0, 0.05) is 18.8 Å². The molecular formula is C13H13F2N3O. The maximum Gasteiger partial charge on any atom is 0.257 e. The normalized spacial score (nSPS) is 12.2. The molecule has 1 heterocycles. The van der Waals surface area contributed by atoms with Crippen molar-refractivity contribution in [1.82, 2.24) is 15.1 Å². The van der Waals surface area contributed by atoms with Gasteiger partial charge in [-0.1, -0.05) is 6.07 Å². The van der Waals surface area contributed by atoms with Crippen LogP contribution in [0.5, 0.6) is 0 Å². The Labute approximate surface area is 109 Å². The molecule has 4 nitrogen and oxygen atoms in total. The lowest BCUT2D eigenvalue weighted by atomic mass is 10.1. The van der Waals surface area contributed by atoms with Crippen molar-refractivity contribution in [3.63, 3.8) is 0 Å². The van der Waals surface area contributed by atoms with Gasteiger partial charge in [-0.3, -0.25) is 9.48 Å². The summed E-state index contributed by atoms with van der Waals surface area (Å²) in [6.07, 6.45) is 3.31. The Balaban J connectivity index is 2.17. The van der Waals surface area contributed by atoms with Gasteiger partial charge in [0.05, 0.1) is 12.2 Å². The lowest BCUT2D eigenvalue weighted by molar-refractivity contribution is 0.0931. The summed E-state index contributed by atoms with van der Waals surface area (Å²) in [6, 6.07) is 2.92. The number of hydrogen-bond acceptors (Lipinski definition) is 2. The highest BCUT2D eigenvalue weighted by Crippen LogP contribution is 2.15. The third kappa shape index (κ3) is 2.78. The number of aryl methyl sites for hydroxylation is 1. The zero-order chi connectivity index (χ0) is 14.0. The summed E-state index contributed by atoms with van der Waals surface area (Å²) >= 11 is 0. The quantitative estimate of drug-likeness (QED) is 0.924. The van der Waals surface area contributed by atoms with Crippen molar-refractivity contribution in [2.24, 2.45) is 7.05 Å². The van der Waals surface area contributed by atoms with Crippen LogP contribution < -0.4 is 5.32 Å². The Morgan fingerprint density at radius 3 is 2.53 bits per heavy atom. The molecule has 6 heteroatoms. The molecule has 0 radical (unpaired) electrons. The van der Waals surface area contributed by atoms with E-state index < -0.39 is 23.1 Å². The second-order valence-corrected chi connectivity index (χ2v) is 4.24. The lowest BCUT2D eigenvalue weighted by Gasteiger charge is -2.12. The van der Waals surface area contributed by atoms with Crippen molar-refractivity contribution < 1.29 is 13.6 Å². The van der Waals surface area contributed by atoms with Crippen LogP contribution in [0.1, 0.15) is 28.9 Å². The van der Waals surface area contributed by atoms with E-state index in [9.17, 15) is 13.6 Å². The summed E-state index contributed by atoms with van der Waals surface area (Å²) < 4.78 is 28.5. The number of carbonyl (C=O) groups excluding carboxylic acids is 1. The maximum atomic E-state index is 13.4. The predicted octanol–water partition coefficient (Wildman–Crippen LogP) is 2.19. The molecule has 1 aromatic carbocycles. The number of nitrogens with zero attached hydrogens (tertiary/aromatic N) is 2. The molecule has 1 N–H and O–H groups in total. The first kappa shape index (κ1) is 13.2. The zero-order valence-electron chi connectivity index (χ0n) is 10.5. The molecular weight excluding hydrogens is 252 g/mol. The van der Waals surface area contributed by atoms with Crippen LogP contribution in [0, 0.1) is 11.6 Å². The van der Waals surface area contributed by atoms with Crippen LogP contribution in [0.3, 0.4) is 0 Å². The van der Waals surface area contributed by atoms with Crippen molar-refractivity contribution in [2.75, 3.05) is 0 Å². The summed E-state index contributed by atoms with van der Waals surface area (Å²) in [7, 11) is 1.74. The topological polar surface area (TPSA) is 46.9 Å². The molecule has 0 saturated heterocycles. The van der Waals surface area contributed by atoms with Gasteiger partial charge in [0.25, 0.3) is 5.91 Å². The minimum Gasteiger partial charge on any atom is -0.345 e. The first-order valence-corrected chi connectivity index (χ1v) is 5.72. The highest BCUT2D eigenvalue weighted by molar-refractivity contribution is 5.94. The van der Waals surface area contributed by atoms with Crippen molar-refractivity contribution in [3.05, 3.63) is 53.4 Å². The van der Waals surface area contributed by atoms with Gasteiger partial charge in [-0.2, -0.15) is 5.10 Å². The van der Waals surface area contributed by atoms with E-state index in [0.29, 0.717) is 0 Å². The van der Waals surface area contributed by atoms with E-state index in [2.05, 4.69) is 10.4 Å². The molecule has 0 bridgehead atoms. The van der Waals surface area contributed by atoms with E-state index in [-0.39, 0.29) is 6.04 Å². The second-order valence-electron chi connectivity index (χ2n) is 4.24. The van der Waals surface area contributed by atoms with E-state index in [1.807, 2.05) is 0 Å². The fourth-order valence-corrected chi connectivity index (χ4v) is 1.73. The third-order valence-electron chi connectivity index (χ3n) is 2.76. The standard InChI is InChI=1S/C13H13F2N3O/c1-8(9-6-16-18(2)7-9)17-13(19)12-10(14)4-3-5-11(12)15/h3-8H,1-2H3,(H,17,19). The van der Waals surface area contributed by atoms with Gasteiger partial charge in [0.1, 0.15) is 17.2 Å². The Morgan fingerprint density at radius 1 is 1.37 bits per heavy atom. The van der Waals surface area contributed by atoms with Gasteiger partial charge in [-0.25, -0.2) is 8.78 Å². The van der Waals surface area contributed by atoms with E-state index in [1.54, 1.807) is 31.0 Å². The van der Waals surface area contributed by atoms with Crippen LogP contribution in [-0.2, 0) is 7.05 Å². The summed E-state index contributed by atoms with van der Waals surface area (Å²) in [6.45, 7) is 1.72. The van der Waals surface area contributed by atoms with Crippen molar-refractivity contribution in [3.8, 4) is 0 Å². The molecule has 2 aromatic rings. The molecule has 0 aliphatic carbocycles. The van der Waals surface area contributed by atoms with E-state index in [4.69, 9.17) is 0 Å². The molecule has 19 heavy (non-hydrogen) atoms. The SMILES string of the molecule is CC(NC(=O)c1c(F)cccc1F)c1cnn(C)c1. The molecule has 2 rings (SSSR count). The second kappa shape index (κ2) is 5.17. The Bertz CT molecular complexity index is 589. The Morgan fingerprint density at radius 2 is 2.00 bits per heavy atom. The number of carbonyl (C=O) groups is 1. The van der Waals surface area contributed by atoms with Crippen LogP contribution in [0.15, 0.2) is 30.6 Å². The third-order valence-corrected chi connectivity index (χ3v) is 2.76. The van der Waals surface area contributed by atoms with Crippen molar-refractivity contribution in [1.29, 1.82) is 0 Å². The molecule has 0 fully saturated rings. The van der Waals surface area contributed by atoms with E-state index in [1.165, 1.54) is 6.07 Å². The molecule has 1 amide bonds.